The highest BCUT2D eigenvalue weighted by molar-refractivity contribution is 5.96. The molecule has 1 aromatic rings. The van der Waals surface area contributed by atoms with E-state index in [4.69, 9.17) is 5.11 Å². The van der Waals surface area contributed by atoms with Crippen molar-refractivity contribution in [3.8, 4) is 0 Å². The maximum atomic E-state index is 13.4. The second-order valence-corrected chi connectivity index (χ2v) is 11.3. The lowest BCUT2D eigenvalue weighted by Crippen LogP contribution is -2.59. The summed E-state index contributed by atoms with van der Waals surface area (Å²) in [6.45, 7) is 6.98. The number of amides is 4. The number of hydrogen-bond acceptors (Lipinski definition) is 8. The lowest BCUT2D eigenvalue weighted by molar-refractivity contribution is -0.142. The summed E-state index contributed by atoms with van der Waals surface area (Å²) in [6, 6.07) is 1.53. The molecule has 0 bridgehead atoms. The molecule has 4 amide bonds. The molecule has 7 N–H and O–H groups in total. The van der Waals surface area contributed by atoms with Crippen LogP contribution in [0.1, 0.15) is 64.0 Å². The van der Waals surface area contributed by atoms with Crippen LogP contribution in [-0.2, 0) is 44.8 Å². The van der Waals surface area contributed by atoms with Gasteiger partial charge in [0.25, 0.3) is 0 Å². The Balaban J connectivity index is 3.30. The number of rotatable bonds is 18. The van der Waals surface area contributed by atoms with Crippen molar-refractivity contribution in [1.82, 2.24) is 21.3 Å². The minimum Gasteiger partial charge on any atom is -0.481 e. The number of carbonyl (C=O) groups is 8. The molecule has 0 saturated carbocycles. The maximum Gasteiger partial charge on any atom is 0.305 e. The van der Waals surface area contributed by atoms with E-state index in [1.165, 1.54) is 0 Å². The first-order chi connectivity index (χ1) is 20.4. The molecule has 0 aliphatic rings. The fourth-order valence-corrected chi connectivity index (χ4v) is 3.93. The number of hydrogen-bond donors (Lipinski definition) is 7. The average Bonchev–Trinajstić information content (AvgIpc) is 2.91. The summed E-state index contributed by atoms with van der Waals surface area (Å²) in [4.78, 5) is 97.0. The van der Waals surface area contributed by atoms with Crippen molar-refractivity contribution in [1.29, 1.82) is 0 Å². The number of aryl methyl sites for hydroxylation is 1. The number of aldehydes is 1. The van der Waals surface area contributed by atoms with Crippen LogP contribution < -0.4 is 21.3 Å². The minimum absolute atomic E-state index is 0.0269. The SMILES string of the molecule is Cc1ccccc1C[C@H](NC(=O)[C@H](CCC(=O)O)NC(=O)[C@H](CC(=O)O)NC(=O)CCC(=O)O)C(=O)N[C@H](C=O)C(C)(C)C. The number of carboxylic acids is 3. The Bertz CT molecular complexity index is 1240. The number of carboxylic acid groups (broad SMARTS) is 3. The smallest absolute Gasteiger partial charge is 0.305 e. The van der Waals surface area contributed by atoms with Gasteiger partial charge in [0.05, 0.1) is 18.9 Å². The molecule has 1 aromatic carbocycles. The van der Waals surface area contributed by atoms with Gasteiger partial charge in [0.15, 0.2) is 0 Å². The molecular weight excluding hydrogens is 580 g/mol. The standard InChI is InChI=1S/C29H40N4O11/c1-16-7-5-6-8-17(16)13-19(28(44)33-21(15-34)29(2,3)4)32-26(42)18(9-11-23(36)37)31-27(43)20(14-25(40)41)30-22(35)10-12-24(38)39/h5-8,15,18-21H,9-14H2,1-4H3,(H,30,35)(H,31,43)(H,32,42)(H,33,44)(H,36,37)(H,38,39)(H,40,41)/t18-,19-,20-,21+/m0/s1. The zero-order chi connectivity index (χ0) is 33.6. The summed E-state index contributed by atoms with van der Waals surface area (Å²) < 4.78 is 0. The number of nitrogens with one attached hydrogen (secondary N) is 4. The third-order valence-electron chi connectivity index (χ3n) is 6.56. The van der Waals surface area contributed by atoms with E-state index in [9.17, 15) is 48.6 Å². The molecule has 15 nitrogen and oxygen atoms in total. The Morgan fingerprint density at radius 1 is 0.727 bits per heavy atom. The Morgan fingerprint density at radius 3 is 1.80 bits per heavy atom. The molecular formula is C29H40N4O11. The minimum atomic E-state index is -1.72. The van der Waals surface area contributed by atoms with Gasteiger partial charge in [0.1, 0.15) is 24.4 Å². The Labute approximate surface area is 254 Å². The molecule has 44 heavy (non-hydrogen) atoms. The highest BCUT2D eigenvalue weighted by Gasteiger charge is 2.33. The second-order valence-electron chi connectivity index (χ2n) is 11.3. The second kappa shape index (κ2) is 17.3. The van der Waals surface area contributed by atoms with E-state index in [0.717, 1.165) is 5.56 Å². The first-order valence-electron chi connectivity index (χ1n) is 13.8. The molecule has 0 heterocycles. The third-order valence-corrected chi connectivity index (χ3v) is 6.56. The van der Waals surface area contributed by atoms with Crippen molar-refractivity contribution in [3.05, 3.63) is 35.4 Å². The molecule has 0 spiro atoms. The fourth-order valence-electron chi connectivity index (χ4n) is 3.93. The van der Waals surface area contributed by atoms with Gasteiger partial charge < -0.3 is 41.4 Å². The Kier molecular flexibility index (Phi) is 14.7. The molecule has 0 fully saturated rings. The predicted molar refractivity (Wildman–Crippen MR) is 154 cm³/mol. The van der Waals surface area contributed by atoms with E-state index >= 15 is 0 Å². The van der Waals surface area contributed by atoms with Gasteiger partial charge >= 0.3 is 17.9 Å². The number of benzene rings is 1. The Morgan fingerprint density at radius 2 is 1.27 bits per heavy atom. The van der Waals surface area contributed by atoms with Crippen molar-refractivity contribution in [2.75, 3.05) is 0 Å². The van der Waals surface area contributed by atoms with Crippen molar-refractivity contribution >= 4 is 47.8 Å². The molecule has 4 atom stereocenters. The normalized spacial score (nSPS) is 13.7. The molecule has 0 aromatic heterocycles. The van der Waals surface area contributed by atoms with Gasteiger partial charge in [-0.3, -0.25) is 33.6 Å². The molecule has 0 aliphatic heterocycles. The summed E-state index contributed by atoms with van der Waals surface area (Å²) >= 11 is 0. The van der Waals surface area contributed by atoms with Crippen LogP contribution in [0, 0.1) is 12.3 Å². The van der Waals surface area contributed by atoms with E-state index in [1.807, 2.05) is 0 Å². The molecule has 15 heteroatoms. The van der Waals surface area contributed by atoms with E-state index in [2.05, 4.69) is 21.3 Å². The van der Waals surface area contributed by atoms with Crippen LogP contribution in [0.15, 0.2) is 24.3 Å². The lowest BCUT2D eigenvalue weighted by atomic mass is 9.87. The van der Waals surface area contributed by atoms with Gasteiger partial charge in [0.2, 0.25) is 23.6 Å². The highest BCUT2D eigenvalue weighted by atomic mass is 16.4. The molecule has 0 radical (unpaired) electrons. The summed E-state index contributed by atoms with van der Waals surface area (Å²) in [7, 11) is 0. The zero-order valence-electron chi connectivity index (χ0n) is 25.0. The molecule has 1 rings (SSSR count). The average molecular weight is 621 g/mol. The van der Waals surface area contributed by atoms with Crippen LogP contribution in [0.4, 0.5) is 0 Å². The fraction of sp³-hybridized carbons (Fsp3) is 0.517. The first kappa shape index (κ1) is 37.2. The van der Waals surface area contributed by atoms with Crippen molar-refractivity contribution in [3.63, 3.8) is 0 Å². The largest absolute Gasteiger partial charge is 0.481 e. The topological polar surface area (TPSA) is 245 Å². The van der Waals surface area contributed by atoms with Crippen molar-refractivity contribution < 1.29 is 53.7 Å². The van der Waals surface area contributed by atoms with E-state index in [1.54, 1.807) is 52.0 Å². The van der Waals surface area contributed by atoms with Crippen LogP contribution in [0.5, 0.6) is 0 Å². The third kappa shape index (κ3) is 13.4. The van der Waals surface area contributed by atoms with Crippen LogP contribution >= 0.6 is 0 Å². The van der Waals surface area contributed by atoms with Crippen LogP contribution in [-0.4, -0.2) is 87.3 Å². The van der Waals surface area contributed by atoms with E-state index < -0.39 is 103 Å². The molecule has 0 aliphatic carbocycles. The van der Waals surface area contributed by atoms with Crippen LogP contribution in [0.25, 0.3) is 0 Å². The predicted octanol–water partition coefficient (Wildman–Crippen LogP) is -0.0740. The van der Waals surface area contributed by atoms with E-state index in [-0.39, 0.29) is 6.42 Å². The molecule has 0 unspecified atom stereocenters. The van der Waals surface area contributed by atoms with Gasteiger partial charge in [-0.05, 0) is 29.9 Å². The maximum absolute atomic E-state index is 13.4. The van der Waals surface area contributed by atoms with E-state index in [0.29, 0.717) is 11.8 Å². The molecule has 242 valence electrons. The van der Waals surface area contributed by atoms with Gasteiger partial charge in [-0.25, -0.2) is 0 Å². The summed E-state index contributed by atoms with van der Waals surface area (Å²) in [6.07, 6.45) is -2.57. The lowest BCUT2D eigenvalue weighted by Gasteiger charge is -2.30. The summed E-state index contributed by atoms with van der Waals surface area (Å²) in [5, 5.41) is 36.7. The zero-order valence-corrected chi connectivity index (χ0v) is 25.0. The van der Waals surface area contributed by atoms with Gasteiger partial charge in [-0.15, -0.1) is 0 Å². The Hall–Kier alpha value is -4.82. The summed E-state index contributed by atoms with van der Waals surface area (Å²) in [5.41, 5.74) is 0.817. The molecule has 0 saturated heterocycles. The van der Waals surface area contributed by atoms with Crippen molar-refractivity contribution in [2.24, 2.45) is 5.41 Å². The van der Waals surface area contributed by atoms with Crippen LogP contribution in [0.3, 0.4) is 0 Å². The van der Waals surface area contributed by atoms with Gasteiger partial charge in [-0.2, -0.15) is 0 Å². The quantitative estimate of drug-likeness (QED) is 0.107. The first-order valence-corrected chi connectivity index (χ1v) is 13.8. The highest BCUT2D eigenvalue weighted by Crippen LogP contribution is 2.18. The van der Waals surface area contributed by atoms with Crippen LogP contribution in [0.2, 0.25) is 0 Å². The summed E-state index contributed by atoms with van der Waals surface area (Å²) in [5.74, 6) is -7.86. The number of carbonyl (C=O) groups excluding carboxylic acids is 5. The van der Waals surface area contributed by atoms with Crippen molar-refractivity contribution in [2.45, 2.75) is 90.4 Å². The van der Waals surface area contributed by atoms with Gasteiger partial charge in [0, 0.05) is 19.3 Å². The van der Waals surface area contributed by atoms with Gasteiger partial charge in [-0.1, -0.05) is 45.0 Å². The monoisotopic (exact) mass is 620 g/mol. The number of aliphatic carboxylic acids is 3.